The van der Waals surface area contributed by atoms with Crippen LogP contribution in [0.25, 0.3) is 10.2 Å². The summed E-state index contributed by atoms with van der Waals surface area (Å²) >= 11 is 1.50. The first-order valence-corrected chi connectivity index (χ1v) is 11.4. The number of benzene rings is 1. The van der Waals surface area contributed by atoms with Gasteiger partial charge in [0.1, 0.15) is 10.6 Å². The SMILES string of the molecule is COc1ccccc1N1CCN(CCCCn2sc3nc(C)cc(C)c3c2=O)CC1. The van der Waals surface area contributed by atoms with Gasteiger partial charge in [0, 0.05) is 38.4 Å². The van der Waals surface area contributed by atoms with Crippen molar-refractivity contribution in [2.75, 3.05) is 44.7 Å². The minimum Gasteiger partial charge on any atom is -0.495 e. The number of anilines is 1. The Balaban J connectivity index is 1.26. The summed E-state index contributed by atoms with van der Waals surface area (Å²) in [6.07, 6.45) is 2.11. The molecule has 0 unspecified atom stereocenters. The van der Waals surface area contributed by atoms with Crippen LogP contribution in [-0.4, -0.2) is 53.7 Å². The second-order valence-corrected chi connectivity index (χ2v) is 8.98. The highest BCUT2D eigenvalue weighted by molar-refractivity contribution is 7.13. The number of hydrogen-bond donors (Lipinski definition) is 0. The lowest BCUT2D eigenvalue weighted by Crippen LogP contribution is -2.46. The molecule has 1 aliphatic heterocycles. The van der Waals surface area contributed by atoms with Crippen LogP contribution in [0.1, 0.15) is 24.1 Å². The van der Waals surface area contributed by atoms with Gasteiger partial charge in [-0.3, -0.25) is 13.7 Å². The van der Waals surface area contributed by atoms with Crippen molar-refractivity contribution in [3.63, 3.8) is 0 Å². The summed E-state index contributed by atoms with van der Waals surface area (Å²) in [5.41, 5.74) is 3.31. The first-order chi connectivity index (χ1) is 14.6. The Morgan fingerprint density at radius 1 is 1.07 bits per heavy atom. The quantitative estimate of drug-likeness (QED) is 0.540. The summed E-state index contributed by atoms with van der Waals surface area (Å²) in [5, 5.41) is 0.790. The number of hydrogen-bond acceptors (Lipinski definition) is 6. The maximum atomic E-state index is 12.7. The number of unbranched alkanes of at least 4 members (excludes halogenated alkanes) is 1. The van der Waals surface area contributed by atoms with Crippen molar-refractivity contribution in [2.24, 2.45) is 0 Å². The third-order valence-electron chi connectivity index (χ3n) is 5.83. The van der Waals surface area contributed by atoms with Gasteiger partial charge in [-0.15, -0.1) is 0 Å². The lowest BCUT2D eigenvalue weighted by molar-refractivity contribution is 0.251. The molecule has 0 bridgehead atoms. The molecule has 0 aliphatic carbocycles. The molecule has 3 heterocycles. The Hall–Kier alpha value is -2.38. The molecule has 4 rings (SSSR count). The van der Waals surface area contributed by atoms with E-state index >= 15 is 0 Å². The van der Waals surface area contributed by atoms with Crippen molar-refractivity contribution >= 4 is 27.4 Å². The Kier molecular flexibility index (Phi) is 6.39. The van der Waals surface area contributed by atoms with Crippen molar-refractivity contribution in [2.45, 2.75) is 33.2 Å². The number of rotatable bonds is 7. The number of para-hydroxylation sites is 2. The van der Waals surface area contributed by atoms with Gasteiger partial charge in [0.2, 0.25) is 0 Å². The molecule has 160 valence electrons. The standard InChI is InChI=1S/C23H30N4O2S/c1-17-16-18(2)24-22-21(17)23(28)27(30-22)11-7-6-10-25-12-14-26(15-13-25)19-8-4-5-9-20(19)29-3/h4-5,8-9,16H,6-7,10-15H2,1-3H3. The molecule has 7 heteroatoms. The predicted molar refractivity (Wildman–Crippen MR) is 124 cm³/mol. The van der Waals surface area contributed by atoms with Gasteiger partial charge in [0.05, 0.1) is 18.2 Å². The maximum absolute atomic E-state index is 12.7. The van der Waals surface area contributed by atoms with Crippen LogP contribution >= 0.6 is 11.5 Å². The van der Waals surface area contributed by atoms with Gasteiger partial charge < -0.3 is 9.64 Å². The molecule has 6 nitrogen and oxygen atoms in total. The largest absolute Gasteiger partial charge is 0.495 e. The van der Waals surface area contributed by atoms with E-state index in [-0.39, 0.29) is 5.56 Å². The van der Waals surface area contributed by atoms with E-state index in [9.17, 15) is 4.79 Å². The molecule has 0 radical (unpaired) electrons. The van der Waals surface area contributed by atoms with E-state index in [0.717, 1.165) is 79.3 Å². The highest BCUT2D eigenvalue weighted by Crippen LogP contribution is 2.28. The molecule has 1 fully saturated rings. The van der Waals surface area contributed by atoms with Crippen LogP contribution in [0, 0.1) is 13.8 Å². The van der Waals surface area contributed by atoms with Crippen LogP contribution in [0.5, 0.6) is 5.75 Å². The fourth-order valence-corrected chi connectivity index (χ4v) is 5.37. The van der Waals surface area contributed by atoms with Crippen molar-refractivity contribution in [3.8, 4) is 5.75 Å². The molecule has 3 aromatic rings. The Bertz CT molecular complexity index is 1070. The zero-order valence-electron chi connectivity index (χ0n) is 18.1. The molecule has 1 saturated heterocycles. The van der Waals surface area contributed by atoms with E-state index < -0.39 is 0 Å². The van der Waals surface area contributed by atoms with Crippen molar-refractivity contribution in [1.29, 1.82) is 0 Å². The number of fused-ring (bicyclic) bond motifs is 1. The summed E-state index contributed by atoms with van der Waals surface area (Å²) in [5.74, 6) is 0.944. The zero-order chi connectivity index (χ0) is 21.1. The number of nitrogens with zero attached hydrogens (tertiary/aromatic N) is 4. The van der Waals surface area contributed by atoms with E-state index in [1.54, 1.807) is 7.11 Å². The maximum Gasteiger partial charge on any atom is 0.270 e. The van der Waals surface area contributed by atoms with Crippen LogP contribution in [0.3, 0.4) is 0 Å². The van der Waals surface area contributed by atoms with Gasteiger partial charge in [0.25, 0.3) is 5.56 Å². The topological polar surface area (TPSA) is 50.6 Å². The number of methoxy groups -OCH3 is 1. The summed E-state index contributed by atoms with van der Waals surface area (Å²) in [4.78, 5) is 23.0. The normalized spacial score (nSPS) is 15.1. The van der Waals surface area contributed by atoms with Gasteiger partial charge in [0.15, 0.2) is 0 Å². The van der Waals surface area contributed by atoms with Crippen LogP contribution in [0.2, 0.25) is 0 Å². The monoisotopic (exact) mass is 426 g/mol. The molecule has 2 aromatic heterocycles. The predicted octanol–water partition coefficient (Wildman–Crippen LogP) is 3.69. The lowest BCUT2D eigenvalue weighted by Gasteiger charge is -2.36. The number of pyridine rings is 1. The fourth-order valence-electron chi connectivity index (χ4n) is 4.24. The molecule has 30 heavy (non-hydrogen) atoms. The Morgan fingerprint density at radius 3 is 2.57 bits per heavy atom. The Labute approximate surface area is 181 Å². The van der Waals surface area contributed by atoms with E-state index in [0.29, 0.717) is 0 Å². The third-order valence-corrected chi connectivity index (χ3v) is 6.87. The van der Waals surface area contributed by atoms with Gasteiger partial charge >= 0.3 is 0 Å². The first-order valence-electron chi connectivity index (χ1n) is 10.6. The van der Waals surface area contributed by atoms with Crippen molar-refractivity contribution < 1.29 is 4.74 Å². The first kappa shape index (κ1) is 20.9. The molecule has 0 saturated carbocycles. The molecule has 0 amide bonds. The Morgan fingerprint density at radius 2 is 1.80 bits per heavy atom. The second-order valence-electron chi connectivity index (χ2n) is 7.97. The van der Waals surface area contributed by atoms with Gasteiger partial charge in [-0.2, -0.15) is 0 Å². The smallest absolute Gasteiger partial charge is 0.270 e. The van der Waals surface area contributed by atoms with E-state index in [1.165, 1.54) is 17.2 Å². The van der Waals surface area contributed by atoms with E-state index in [4.69, 9.17) is 4.74 Å². The van der Waals surface area contributed by atoms with Gasteiger partial charge in [-0.1, -0.05) is 12.1 Å². The summed E-state index contributed by atoms with van der Waals surface area (Å²) in [6, 6.07) is 10.2. The van der Waals surface area contributed by atoms with Crippen molar-refractivity contribution in [1.82, 2.24) is 13.8 Å². The summed E-state index contributed by atoms with van der Waals surface area (Å²) < 4.78 is 7.38. The fraction of sp³-hybridized carbons (Fsp3) is 0.478. The molecule has 0 atom stereocenters. The van der Waals surface area contributed by atoms with Crippen LogP contribution in [-0.2, 0) is 6.54 Å². The minimum atomic E-state index is 0.116. The molecular weight excluding hydrogens is 396 g/mol. The average Bonchev–Trinajstić information content (AvgIpc) is 3.07. The molecule has 0 N–H and O–H groups in total. The second kappa shape index (κ2) is 9.18. The number of aromatic nitrogens is 2. The third kappa shape index (κ3) is 4.37. The van der Waals surface area contributed by atoms with Crippen LogP contribution in [0.4, 0.5) is 5.69 Å². The van der Waals surface area contributed by atoms with E-state index in [1.807, 2.05) is 36.0 Å². The van der Waals surface area contributed by atoms with E-state index in [2.05, 4.69) is 26.9 Å². The average molecular weight is 427 g/mol. The molecule has 0 spiro atoms. The minimum absolute atomic E-state index is 0.116. The lowest BCUT2D eigenvalue weighted by atomic mass is 10.2. The molecule has 1 aliphatic rings. The highest BCUT2D eigenvalue weighted by atomic mass is 32.1. The summed E-state index contributed by atoms with van der Waals surface area (Å²) in [6.45, 7) is 9.98. The van der Waals surface area contributed by atoms with Crippen molar-refractivity contribution in [3.05, 3.63) is 51.9 Å². The molecule has 1 aromatic carbocycles. The van der Waals surface area contributed by atoms with Gasteiger partial charge in [-0.25, -0.2) is 4.98 Å². The number of piperazine rings is 1. The van der Waals surface area contributed by atoms with Gasteiger partial charge in [-0.05, 0) is 68.5 Å². The number of aryl methyl sites for hydroxylation is 3. The van der Waals surface area contributed by atoms with Crippen LogP contribution < -0.4 is 15.2 Å². The highest BCUT2D eigenvalue weighted by Gasteiger charge is 2.19. The number of ether oxygens (including phenoxy) is 1. The zero-order valence-corrected chi connectivity index (χ0v) is 18.9. The van der Waals surface area contributed by atoms with Crippen LogP contribution in [0.15, 0.2) is 35.1 Å². The summed E-state index contributed by atoms with van der Waals surface area (Å²) in [7, 11) is 1.73. The molecular formula is C23H30N4O2S.